The van der Waals surface area contributed by atoms with E-state index in [0.29, 0.717) is 19.3 Å². The van der Waals surface area contributed by atoms with E-state index in [-0.39, 0.29) is 24.9 Å². The van der Waals surface area contributed by atoms with Gasteiger partial charge in [-0.05, 0) is 57.8 Å². The summed E-state index contributed by atoms with van der Waals surface area (Å²) >= 11 is 0. The summed E-state index contributed by atoms with van der Waals surface area (Å²) in [5, 5.41) is 23.6. The third kappa shape index (κ3) is 36.8. The second-order valence-corrected chi connectivity index (χ2v) is 15.4. The van der Waals surface area contributed by atoms with Crippen LogP contribution in [0.5, 0.6) is 0 Å². The number of aliphatic hydroxyl groups is 2. The molecule has 53 heavy (non-hydrogen) atoms. The minimum atomic E-state index is -0.788. The number of carbonyl (C=O) groups is 2. The number of carbonyl (C=O) groups excluding carboxylic acids is 2. The summed E-state index contributed by atoms with van der Waals surface area (Å²) in [5.41, 5.74) is 0. The van der Waals surface area contributed by atoms with Crippen LogP contribution in [0.1, 0.15) is 226 Å². The lowest BCUT2D eigenvalue weighted by Crippen LogP contribution is -2.46. The Labute approximate surface area is 328 Å². The lowest BCUT2D eigenvalue weighted by molar-refractivity contribution is -0.151. The third-order valence-electron chi connectivity index (χ3n) is 10.2. The molecule has 0 fully saturated rings. The molecule has 0 aliphatic heterocycles. The van der Waals surface area contributed by atoms with Gasteiger partial charge in [0.1, 0.15) is 6.10 Å². The molecular formula is C47H87NO5. The quantitative estimate of drug-likeness (QED) is 0.0330. The predicted octanol–water partition coefficient (Wildman–Crippen LogP) is 12.9. The van der Waals surface area contributed by atoms with Crippen molar-refractivity contribution in [3.63, 3.8) is 0 Å². The second-order valence-electron chi connectivity index (χ2n) is 15.4. The van der Waals surface area contributed by atoms with E-state index in [4.69, 9.17) is 4.74 Å². The van der Waals surface area contributed by atoms with Gasteiger partial charge in [0.25, 0.3) is 0 Å². The van der Waals surface area contributed by atoms with Crippen LogP contribution in [0.15, 0.2) is 36.5 Å². The van der Waals surface area contributed by atoms with E-state index in [1.54, 1.807) is 0 Å². The SMILES string of the molecule is CC/C=C/C/C=C/C/C=C/CCCCCCC(CC(=O)NC(CO)C(O)CCCCCCCCCCC)OC(=O)CCCCCCCCCCCCC. The molecule has 0 spiro atoms. The zero-order valence-corrected chi connectivity index (χ0v) is 35.1. The predicted molar refractivity (Wildman–Crippen MR) is 227 cm³/mol. The van der Waals surface area contributed by atoms with Crippen LogP contribution < -0.4 is 5.32 Å². The topological polar surface area (TPSA) is 95.9 Å². The van der Waals surface area contributed by atoms with Gasteiger partial charge in [-0.2, -0.15) is 0 Å². The number of allylic oxidation sites excluding steroid dienone is 6. The Hall–Kier alpha value is -1.92. The van der Waals surface area contributed by atoms with Gasteiger partial charge in [-0.1, -0.05) is 192 Å². The molecular weight excluding hydrogens is 659 g/mol. The summed E-state index contributed by atoms with van der Waals surface area (Å²) in [6.45, 7) is 6.33. The minimum Gasteiger partial charge on any atom is -0.462 e. The number of hydrogen-bond donors (Lipinski definition) is 3. The summed E-state index contributed by atoms with van der Waals surface area (Å²) in [6, 6.07) is -0.703. The van der Waals surface area contributed by atoms with Crippen LogP contribution in [-0.2, 0) is 14.3 Å². The summed E-state index contributed by atoms with van der Waals surface area (Å²) < 4.78 is 5.89. The molecule has 0 radical (unpaired) electrons. The molecule has 0 saturated heterocycles. The first-order valence-electron chi connectivity index (χ1n) is 22.7. The Kier molecular flexibility index (Phi) is 39.8. The first-order chi connectivity index (χ1) is 26.0. The van der Waals surface area contributed by atoms with Crippen molar-refractivity contribution < 1.29 is 24.5 Å². The van der Waals surface area contributed by atoms with Gasteiger partial charge >= 0.3 is 5.97 Å². The second kappa shape index (κ2) is 41.2. The van der Waals surface area contributed by atoms with Crippen LogP contribution in [0.2, 0.25) is 0 Å². The summed E-state index contributed by atoms with van der Waals surface area (Å²) in [4.78, 5) is 25.9. The number of amides is 1. The Morgan fingerprint density at radius 2 is 1.02 bits per heavy atom. The highest BCUT2D eigenvalue weighted by Crippen LogP contribution is 2.17. The molecule has 0 aromatic carbocycles. The molecule has 3 unspecified atom stereocenters. The molecule has 0 saturated carbocycles. The average Bonchev–Trinajstić information content (AvgIpc) is 3.15. The van der Waals surface area contributed by atoms with Gasteiger partial charge in [-0.3, -0.25) is 9.59 Å². The van der Waals surface area contributed by atoms with Gasteiger partial charge in [0.15, 0.2) is 0 Å². The Balaban J connectivity index is 4.64. The smallest absolute Gasteiger partial charge is 0.306 e. The molecule has 6 nitrogen and oxygen atoms in total. The molecule has 0 bridgehead atoms. The third-order valence-corrected chi connectivity index (χ3v) is 10.2. The van der Waals surface area contributed by atoms with Gasteiger partial charge in [-0.15, -0.1) is 0 Å². The highest BCUT2D eigenvalue weighted by molar-refractivity contribution is 5.77. The number of aliphatic hydroxyl groups excluding tert-OH is 2. The minimum absolute atomic E-state index is 0.0652. The number of nitrogens with one attached hydrogen (secondary N) is 1. The zero-order chi connectivity index (χ0) is 38.9. The molecule has 6 heteroatoms. The van der Waals surface area contributed by atoms with Crippen molar-refractivity contribution in [3.05, 3.63) is 36.5 Å². The maximum Gasteiger partial charge on any atom is 0.306 e. The van der Waals surface area contributed by atoms with E-state index in [0.717, 1.165) is 89.9 Å². The van der Waals surface area contributed by atoms with Crippen molar-refractivity contribution in [1.29, 1.82) is 0 Å². The monoisotopic (exact) mass is 746 g/mol. The van der Waals surface area contributed by atoms with Crippen LogP contribution in [-0.4, -0.2) is 46.9 Å². The Bertz CT molecular complexity index is 884. The van der Waals surface area contributed by atoms with Crippen LogP contribution in [0, 0.1) is 0 Å². The van der Waals surface area contributed by atoms with E-state index in [2.05, 4.69) is 62.5 Å². The highest BCUT2D eigenvalue weighted by atomic mass is 16.5. The zero-order valence-electron chi connectivity index (χ0n) is 35.1. The molecule has 0 aliphatic rings. The average molecular weight is 746 g/mol. The highest BCUT2D eigenvalue weighted by Gasteiger charge is 2.24. The molecule has 0 heterocycles. The molecule has 0 aliphatic carbocycles. The van der Waals surface area contributed by atoms with Crippen LogP contribution in [0.3, 0.4) is 0 Å². The lowest BCUT2D eigenvalue weighted by atomic mass is 10.0. The largest absolute Gasteiger partial charge is 0.462 e. The standard InChI is InChI=1S/C47H87NO5/c1-4-7-10-13-16-19-21-22-23-25-27-29-32-35-38-43(53-47(52)40-37-34-31-28-24-20-17-14-11-8-5-2)41-46(51)48-44(42-49)45(50)39-36-33-30-26-18-15-12-9-6-3/h7,10,16,19,22-23,43-45,49-50H,4-6,8-9,11-15,17-18,20-21,24-42H2,1-3H3,(H,48,51)/b10-7+,19-16+,23-22+. The number of ether oxygens (including phenoxy) is 1. The van der Waals surface area contributed by atoms with Crippen LogP contribution >= 0.6 is 0 Å². The van der Waals surface area contributed by atoms with Crippen molar-refractivity contribution >= 4 is 11.9 Å². The molecule has 3 atom stereocenters. The number of esters is 1. The summed E-state index contributed by atoms with van der Waals surface area (Å²) in [7, 11) is 0. The van der Waals surface area contributed by atoms with Crippen LogP contribution in [0.4, 0.5) is 0 Å². The maximum atomic E-state index is 13.1. The molecule has 0 aromatic rings. The first-order valence-corrected chi connectivity index (χ1v) is 22.7. The lowest BCUT2D eigenvalue weighted by Gasteiger charge is -2.24. The van der Waals surface area contributed by atoms with Crippen molar-refractivity contribution in [2.45, 2.75) is 244 Å². The van der Waals surface area contributed by atoms with E-state index in [1.165, 1.54) is 89.9 Å². The number of hydrogen-bond acceptors (Lipinski definition) is 5. The van der Waals surface area contributed by atoms with Gasteiger partial charge in [-0.25, -0.2) is 0 Å². The summed E-state index contributed by atoms with van der Waals surface area (Å²) in [6.07, 6.45) is 46.3. The summed E-state index contributed by atoms with van der Waals surface area (Å²) in [5.74, 6) is -0.494. The van der Waals surface area contributed by atoms with Crippen LogP contribution in [0.25, 0.3) is 0 Å². The maximum absolute atomic E-state index is 13.1. The van der Waals surface area contributed by atoms with Crippen molar-refractivity contribution in [2.24, 2.45) is 0 Å². The van der Waals surface area contributed by atoms with Gasteiger partial charge in [0.05, 0.1) is 25.2 Å². The van der Waals surface area contributed by atoms with E-state index < -0.39 is 18.2 Å². The van der Waals surface area contributed by atoms with Crippen molar-refractivity contribution in [3.8, 4) is 0 Å². The van der Waals surface area contributed by atoms with Crippen molar-refractivity contribution in [2.75, 3.05) is 6.61 Å². The fourth-order valence-corrected chi connectivity index (χ4v) is 6.80. The fourth-order valence-electron chi connectivity index (χ4n) is 6.80. The van der Waals surface area contributed by atoms with Gasteiger partial charge in [0, 0.05) is 6.42 Å². The molecule has 0 aromatic heterocycles. The number of unbranched alkanes of at least 4 members (excludes halogenated alkanes) is 22. The van der Waals surface area contributed by atoms with E-state index in [1.807, 2.05) is 0 Å². The normalized spacial score (nSPS) is 13.7. The van der Waals surface area contributed by atoms with Gasteiger partial charge < -0.3 is 20.3 Å². The number of rotatable bonds is 40. The molecule has 310 valence electrons. The van der Waals surface area contributed by atoms with E-state index >= 15 is 0 Å². The molecule has 1 amide bonds. The Morgan fingerprint density at radius 1 is 0.566 bits per heavy atom. The fraction of sp³-hybridized carbons (Fsp3) is 0.830. The van der Waals surface area contributed by atoms with Gasteiger partial charge in [0.2, 0.25) is 5.91 Å². The van der Waals surface area contributed by atoms with Crippen molar-refractivity contribution in [1.82, 2.24) is 5.32 Å². The molecule has 0 rings (SSSR count). The first kappa shape index (κ1) is 51.1. The molecule has 3 N–H and O–H groups in total. The van der Waals surface area contributed by atoms with E-state index in [9.17, 15) is 19.8 Å². The Morgan fingerprint density at radius 3 is 1.55 bits per heavy atom.